The van der Waals surface area contributed by atoms with Gasteiger partial charge in [-0.15, -0.1) is 0 Å². The highest BCUT2D eigenvalue weighted by atomic mass is 15.1. The van der Waals surface area contributed by atoms with E-state index in [-0.39, 0.29) is 35.3 Å². The number of fused-ring (bicyclic) bond motifs is 3. The molecule has 0 aromatic heterocycles. The van der Waals surface area contributed by atoms with Gasteiger partial charge in [-0.1, -0.05) is 135 Å². The lowest BCUT2D eigenvalue weighted by atomic mass is 9.82. The van der Waals surface area contributed by atoms with Crippen molar-refractivity contribution in [3.05, 3.63) is 163 Å². The van der Waals surface area contributed by atoms with Gasteiger partial charge in [0.15, 0.2) is 0 Å². The van der Waals surface area contributed by atoms with E-state index >= 15 is 0 Å². The highest BCUT2D eigenvalue weighted by molar-refractivity contribution is 5.95. The largest absolute Gasteiger partial charge is 0.310 e. The van der Waals surface area contributed by atoms with E-state index in [1.165, 1.54) is 11.1 Å². The smallest absolute Gasteiger partial charge is 0.0645 e. The standard InChI is InChI=1S/C39H31N/c1-39(2)35-17-10-9-16-34(35)38-36(39)18-11-19-37(38)40(32-24-20-30(21-25-32)28-12-5-3-6-13-28)33-26-22-31(23-27-33)29-14-7-4-8-15-29/h3-27H,1-2H3/i20D,21D,24D,25D. The molecule has 0 radical (unpaired) electrons. The van der Waals surface area contributed by atoms with Gasteiger partial charge in [-0.2, -0.15) is 0 Å². The van der Waals surface area contributed by atoms with E-state index in [9.17, 15) is 2.74 Å². The first-order valence-corrected chi connectivity index (χ1v) is 13.6. The van der Waals surface area contributed by atoms with Crippen molar-refractivity contribution in [2.45, 2.75) is 19.3 Å². The Bertz CT molecular complexity index is 1990. The molecule has 192 valence electrons. The van der Waals surface area contributed by atoms with E-state index in [0.717, 1.165) is 33.6 Å². The molecule has 6 aromatic carbocycles. The quantitative estimate of drug-likeness (QED) is 0.220. The Morgan fingerprint density at radius 1 is 0.475 bits per heavy atom. The first-order valence-electron chi connectivity index (χ1n) is 15.6. The molecule has 0 saturated carbocycles. The van der Waals surface area contributed by atoms with E-state index in [1.807, 2.05) is 95.9 Å². The van der Waals surface area contributed by atoms with Gasteiger partial charge in [-0.05, 0) is 69.2 Å². The van der Waals surface area contributed by atoms with Crippen LogP contribution in [0.4, 0.5) is 17.1 Å². The maximum Gasteiger partial charge on any atom is 0.0645 e. The van der Waals surface area contributed by atoms with Gasteiger partial charge in [0.2, 0.25) is 0 Å². The van der Waals surface area contributed by atoms with Crippen LogP contribution in [0.3, 0.4) is 0 Å². The Hall–Kier alpha value is -4.88. The highest BCUT2D eigenvalue weighted by Gasteiger charge is 2.37. The number of rotatable bonds is 5. The Labute approximate surface area is 242 Å². The number of nitrogens with zero attached hydrogens (tertiary/aromatic N) is 1. The molecule has 0 spiro atoms. The lowest BCUT2D eigenvalue weighted by Crippen LogP contribution is -2.16. The summed E-state index contributed by atoms with van der Waals surface area (Å²) in [4.78, 5) is 1.92. The van der Waals surface area contributed by atoms with Crippen LogP contribution in [-0.2, 0) is 5.41 Å². The molecule has 0 amide bonds. The second-order valence-electron chi connectivity index (χ2n) is 10.7. The molecule has 0 bridgehead atoms. The van der Waals surface area contributed by atoms with Crippen molar-refractivity contribution in [1.29, 1.82) is 0 Å². The lowest BCUT2D eigenvalue weighted by Gasteiger charge is -2.29. The summed E-state index contributed by atoms with van der Waals surface area (Å²) in [7, 11) is 0. The van der Waals surface area contributed by atoms with Gasteiger partial charge in [0.05, 0.1) is 11.2 Å². The molecular formula is C39H31N. The first kappa shape index (κ1) is 20.1. The van der Waals surface area contributed by atoms with Crippen molar-refractivity contribution < 1.29 is 5.48 Å². The van der Waals surface area contributed by atoms with Gasteiger partial charge in [0.25, 0.3) is 0 Å². The molecule has 0 unspecified atom stereocenters. The van der Waals surface area contributed by atoms with Gasteiger partial charge >= 0.3 is 0 Å². The Morgan fingerprint density at radius 2 is 1.02 bits per heavy atom. The summed E-state index contributed by atoms with van der Waals surface area (Å²) in [5.41, 5.74) is 9.22. The van der Waals surface area contributed by atoms with Gasteiger partial charge in [-0.25, -0.2) is 0 Å². The first-order chi connectivity index (χ1) is 21.3. The third-order valence-electron chi connectivity index (χ3n) is 7.96. The summed E-state index contributed by atoms with van der Waals surface area (Å²) in [5, 5.41) is 0. The van der Waals surface area contributed by atoms with Crippen molar-refractivity contribution in [3.63, 3.8) is 0 Å². The number of hydrogen-bond donors (Lipinski definition) is 0. The van der Waals surface area contributed by atoms with Crippen molar-refractivity contribution >= 4 is 17.1 Å². The van der Waals surface area contributed by atoms with E-state index in [1.54, 1.807) is 0 Å². The van der Waals surface area contributed by atoms with Crippen molar-refractivity contribution in [3.8, 4) is 33.4 Å². The maximum absolute atomic E-state index is 9.32. The molecule has 1 nitrogen and oxygen atoms in total. The van der Waals surface area contributed by atoms with Crippen LogP contribution >= 0.6 is 0 Å². The van der Waals surface area contributed by atoms with Crippen molar-refractivity contribution in [2.75, 3.05) is 4.90 Å². The summed E-state index contributed by atoms with van der Waals surface area (Å²) >= 11 is 0. The van der Waals surface area contributed by atoms with Crippen LogP contribution in [0.2, 0.25) is 0 Å². The number of anilines is 3. The van der Waals surface area contributed by atoms with Gasteiger partial charge in [-0.3, -0.25) is 0 Å². The molecule has 0 fully saturated rings. The summed E-state index contributed by atoms with van der Waals surface area (Å²) in [6.45, 7) is 4.45. The second-order valence-corrected chi connectivity index (χ2v) is 10.7. The molecule has 1 heteroatoms. The summed E-state index contributed by atoms with van der Waals surface area (Å²) in [5.74, 6) is 0. The third-order valence-corrected chi connectivity index (χ3v) is 7.96. The molecule has 0 heterocycles. The SMILES string of the molecule is [2H]c1c([2H])c(N(c2ccc(-c3ccccc3)cc2)c2cccc3c2-c2ccccc2C3(C)C)c([2H])c([2H])c1-c1ccccc1. The molecule has 0 saturated heterocycles. The molecule has 40 heavy (non-hydrogen) atoms. The van der Waals surface area contributed by atoms with Crippen molar-refractivity contribution in [1.82, 2.24) is 0 Å². The fourth-order valence-corrected chi connectivity index (χ4v) is 5.91. The number of benzene rings is 6. The second kappa shape index (κ2) is 9.70. The molecule has 1 aliphatic rings. The van der Waals surface area contributed by atoms with Crippen LogP contribution in [0.25, 0.3) is 33.4 Å². The minimum absolute atomic E-state index is 0.0635. The lowest BCUT2D eigenvalue weighted by molar-refractivity contribution is 0.660. The summed E-state index contributed by atoms with van der Waals surface area (Å²) in [6.07, 6.45) is 0. The minimum Gasteiger partial charge on any atom is -0.310 e. The molecule has 6 aromatic rings. The van der Waals surface area contributed by atoms with Crippen LogP contribution in [-0.4, -0.2) is 0 Å². The molecule has 1 aliphatic carbocycles. The molecule has 0 aliphatic heterocycles. The number of hydrogen-bond acceptors (Lipinski definition) is 1. The normalized spacial score (nSPS) is 14.3. The predicted octanol–water partition coefficient (Wildman–Crippen LogP) is 10.8. The summed E-state index contributed by atoms with van der Waals surface area (Å²) in [6, 6.07) is 41.8. The topological polar surface area (TPSA) is 3.24 Å². The molecule has 7 rings (SSSR count). The van der Waals surface area contributed by atoms with Crippen LogP contribution in [0.1, 0.15) is 30.5 Å². The van der Waals surface area contributed by atoms with E-state index in [0.29, 0.717) is 11.1 Å². The molecule has 0 atom stereocenters. The van der Waals surface area contributed by atoms with E-state index in [4.69, 9.17) is 2.74 Å². The zero-order valence-corrected chi connectivity index (χ0v) is 22.6. The average Bonchev–Trinajstić information content (AvgIpc) is 3.30. The van der Waals surface area contributed by atoms with Crippen LogP contribution in [0, 0.1) is 0 Å². The van der Waals surface area contributed by atoms with Crippen LogP contribution in [0.15, 0.2) is 152 Å². The molecular weight excluding hydrogens is 482 g/mol. The Balaban J connectivity index is 1.51. The fraction of sp³-hybridized carbons (Fsp3) is 0.0769. The average molecular weight is 518 g/mol. The predicted molar refractivity (Wildman–Crippen MR) is 170 cm³/mol. The van der Waals surface area contributed by atoms with Crippen molar-refractivity contribution in [2.24, 2.45) is 0 Å². The van der Waals surface area contributed by atoms with E-state index < -0.39 is 0 Å². The minimum atomic E-state index is -0.239. The Morgan fingerprint density at radius 3 is 1.70 bits per heavy atom. The summed E-state index contributed by atoms with van der Waals surface area (Å²) < 4.78 is 36.8. The van der Waals surface area contributed by atoms with E-state index in [2.05, 4.69) is 50.2 Å². The third kappa shape index (κ3) is 4.03. The van der Waals surface area contributed by atoms with Gasteiger partial charge in [0.1, 0.15) is 0 Å². The van der Waals surface area contributed by atoms with Crippen LogP contribution < -0.4 is 4.90 Å². The van der Waals surface area contributed by atoms with Crippen LogP contribution in [0.5, 0.6) is 0 Å². The Kier molecular flexibility index (Phi) is 4.87. The maximum atomic E-state index is 9.32. The van der Waals surface area contributed by atoms with Gasteiger partial charge in [0, 0.05) is 22.4 Å². The highest BCUT2D eigenvalue weighted by Crippen LogP contribution is 2.54. The zero-order chi connectivity index (χ0) is 30.6. The molecule has 0 N–H and O–H groups in total. The zero-order valence-electron chi connectivity index (χ0n) is 26.6. The van der Waals surface area contributed by atoms with Gasteiger partial charge < -0.3 is 4.90 Å². The fourth-order valence-electron chi connectivity index (χ4n) is 5.91. The monoisotopic (exact) mass is 517 g/mol.